The van der Waals surface area contributed by atoms with Crippen LogP contribution in [0.25, 0.3) is 17.0 Å². The van der Waals surface area contributed by atoms with Gasteiger partial charge in [0.1, 0.15) is 5.69 Å². The quantitative estimate of drug-likeness (QED) is 0.332. The van der Waals surface area contributed by atoms with E-state index in [-0.39, 0.29) is 5.91 Å². The highest BCUT2D eigenvalue weighted by Gasteiger charge is 2.38. The molecule has 0 spiro atoms. The molecule has 38 heavy (non-hydrogen) atoms. The number of rotatable bonds is 6. The summed E-state index contributed by atoms with van der Waals surface area (Å²) in [5.41, 5.74) is 3.77. The molecule has 0 atom stereocenters. The fourth-order valence-corrected chi connectivity index (χ4v) is 3.99. The van der Waals surface area contributed by atoms with E-state index in [1.807, 2.05) is 64.0 Å². The van der Waals surface area contributed by atoms with E-state index >= 15 is 0 Å². The summed E-state index contributed by atoms with van der Waals surface area (Å²) in [5, 5.41) is 13.1. The number of amides is 1. The molecule has 5 aromatic rings. The monoisotopic (exact) mass is 543 g/mol. The topological polar surface area (TPSA) is 127 Å². The molecule has 0 aromatic carbocycles. The molecule has 2 N–H and O–H groups in total. The molecule has 0 aliphatic heterocycles. The lowest BCUT2D eigenvalue weighted by Gasteiger charge is -2.03. The van der Waals surface area contributed by atoms with Crippen LogP contribution in [0, 0.1) is 6.92 Å². The number of carbonyl (C=O) groups is 2. The first-order chi connectivity index (χ1) is 18.1. The number of fused-ring (bicyclic) bond motifs is 1. The minimum absolute atomic E-state index is 0.232. The molecule has 0 aliphatic rings. The van der Waals surface area contributed by atoms with E-state index < -0.39 is 12.1 Å². The predicted octanol–water partition coefficient (Wildman–Crippen LogP) is 3.97. The van der Waals surface area contributed by atoms with Crippen LogP contribution < -0.4 is 5.32 Å². The number of carboxylic acid groups (broad SMARTS) is 1. The number of hydrogen-bond donors (Lipinski definition) is 2. The second-order valence-corrected chi connectivity index (χ2v) is 8.93. The lowest BCUT2D eigenvalue weighted by molar-refractivity contribution is -0.192. The largest absolute Gasteiger partial charge is 0.490 e. The van der Waals surface area contributed by atoms with Gasteiger partial charge in [0.05, 0.1) is 29.1 Å². The first-order valence-corrected chi connectivity index (χ1v) is 11.9. The molecule has 1 amide bonds. The lowest BCUT2D eigenvalue weighted by atomic mass is 10.2. The van der Waals surface area contributed by atoms with Gasteiger partial charge in [-0.3, -0.25) is 14.2 Å². The number of carbonyl (C=O) groups excluding carboxylic acids is 1. The first-order valence-electron chi connectivity index (χ1n) is 11.0. The van der Waals surface area contributed by atoms with Gasteiger partial charge in [-0.2, -0.15) is 13.2 Å². The van der Waals surface area contributed by atoms with Crippen molar-refractivity contribution in [1.82, 2.24) is 34.2 Å². The van der Waals surface area contributed by atoms with Crippen LogP contribution in [-0.4, -0.2) is 52.1 Å². The molecular formula is C24H20F3N7O3S. The van der Waals surface area contributed by atoms with Crippen LogP contribution in [-0.2, 0) is 17.9 Å². The average molecular weight is 544 g/mol. The Bertz CT molecular complexity index is 1560. The summed E-state index contributed by atoms with van der Waals surface area (Å²) in [6, 6.07) is 9.42. The van der Waals surface area contributed by atoms with Gasteiger partial charge in [-0.15, -0.1) is 11.3 Å². The fraction of sp³-hybridized carbons (Fsp3) is 0.167. The van der Waals surface area contributed by atoms with Gasteiger partial charge in [0.15, 0.2) is 11.5 Å². The maximum atomic E-state index is 12.9. The standard InChI is InChI=1S/C22H19N7OS.C2HF3O2/c1-15-26-17(13-31-15)11-28-12-18(25-14-28)21-27-20(19-4-2-3-9-29(19)21)22(30)24-10-16-5-7-23-8-6-16;3-2(4,5)1(6)7/h2-9,12-14H,10-11H2,1H3,(H,24,30);(H,6,7). The minimum atomic E-state index is -5.08. The molecule has 5 heterocycles. The molecular weight excluding hydrogens is 523 g/mol. The molecule has 0 fully saturated rings. The minimum Gasteiger partial charge on any atom is -0.475 e. The Morgan fingerprint density at radius 1 is 1.13 bits per heavy atom. The second kappa shape index (κ2) is 11.2. The molecule has 14 heteroatoms. The van der Waals surface area contributed by atoms with Crippen molar-refractivity contribution in [2.75, 3.05) is 0 Å². The van der Waals surface area contributed by atoms with Crippen molar-refractivity contribution in [1.29, 1.82) is 0 Å². The Labute approximate surface area is 217 Å². The van der Waals surface area contributed by atoms with Gasteiger partial charge in [-0.05, 0) is 36.8 Å². The van der Waals surface area contributed by atoms with Crippen LogP contribution in [0.4, 0.5) is 13.2 Å². The Kier molecular flexibility index (Phi) is 7.81. The Morgan fingerprint density at radius 3 is 2.53 bits per heavy atom. The number of carboxylic acids is 1. The number of hydrogen-bond acceptors (Lipinski definition) is 7. The van der Waals surface area contributed by atoms with Gasteiger partial charge < -0.3 is 15.0 Å². The molecule has 0 aliphatic carbocycles. The SMILES string of the molecule is Cc1nc(Cn2cnc(-c3nc(C(=O)NCc4ccncc4)c4ccccn34)c2)cs1.O=C(O)C(F)(F)F. The van der Waals surface area contributed by atoms with Gasteiger partial charge in [-0.1, -0.05) is 6.07 Å². The van der Waals surface area contributed by atoms with Crippen molar-refractivity contribution in [3.63, 3.8) is 0 Å². The van der Waals surface area contributed by atoms with E-state index in [4.69, 9.17) is 9.90 Å². The Morgan fingerprint density at radius 2 is 1.87 bits per heavy atom. The summed E-state index contributed by atoms with van der Waals surface area (Å²) in [6.45, 7) is 3.04. The number of aromatic nitrogens is 6. The highest BCUT2D eigenvalue weighted by atomic mass is 32.1. The summed E-state index contributed by atoms with van der Waals surface area (Å²) in [5.74, 6) is -2.37. The highest BCUT2D eigenvalue weighted by molar-refractivity contribution is 7.09. The van der Waals surface area contributed by atoms with Gasteiger partial charge in [0, 0.05) is 36.7 Å². The molecule has 0 radical (unpaired) electrons. The van der Waals surface area contributed by atoms with E-state index in [9.17, 15) is 18.0 Å². The smallest absolute Gasteiger partial charge is 0.475 e. The van der Waals surface area contributed by atoms with Crippen LogP contribution in [0.5, 0.6) is 0 Å². The lowest BCUT2D eigenvalue weighted by Crippen LogP contribution is -2.23. The number of nitrogens with one attached hydrogen (secondary N) is 1. The number of thiazole rings is 1. The van der Waals surface area contributed by atoms with Gasteiger partial charge in [0.2, 0.25) is 0 Å². The number of aliphatic carboxylic acids is 1. The molecule has 0 saturated carbocycles. The fourth-order valence-electron chi connectivity index (χ4n) is 3.38. The average Bonchev–Trinajstić information content (AvgIpc) is 3.62. The van der Waals surface area contributed by atoms with Crippen molar-refractivity contribution in [3.8, 4) is 11.5 Å². The maximum Gasteiger partial charge on any atom is 0.490 e. The summed E-state index contributed by atoms with van der Waals surface area (Å²) in [6.07, 6.45) is 3.90. The molecule has 0 unspecified atom stereocenters. The zero-order chi connectivity index (χ0) is 27.3. The predicted molar refractivity (Wildman–Crippen MR) is 131 cm³/mol. The third-order valence-corrected chi connectivity index (χ3v) is 5.90. The number of nitrogens with zero attached hydrogens (tertiary/aromatic N) is 6. The zero-order valence-electron chi connectivity index (χ0n) is 19.8. The van der Waals surface area contributed by atoms with Crippen LogP contribution in [0.3, 0.4) is 0 Å². The maximum absolute atomic E-state index is 12.9. The zero-order valence-corrected chi connectivity index (χ0v) is 20.6. The van der Waals surface area contributed by atoms with E-state index in [1.165, 1.54) is 0 Å². The number of alkyl halides is 3. The van der Waals surface area contributed by atoms with E-state index in [1.54, 1.807) is 30.1 Å². The van der Waals surface area contributed by atoms with Crippen molar-refractivity contribution in [3.05, 3.63) is 88.8 Å². The molecule has 0 bridgehead atoms. The van der Waals surface area contributed by atoms with Crippen molar-refractivity contribution in [2.24, 2.45) is 0 Å². The first kappa shape index (κ1) is 26.5. The third-order valence-electron chi connectivity index (χ3n) is 5.08. The van der Waals surface area contributed by atoms with Gasteiger partial charge in [0.25, 0.3) is 5.91 Å². The van der Waals surface area contributed by atoms with Crippen LogP contribution in [0.15, 0.2) is 66.8 Å². The van der Waals surface area contributed by atoms with Crippen molar-refractivity contribution < 1.29 is 27.9 Å². The molecule has 5 rings (SSSR count). The van der Waals surface area contributed by atoms with Gasteiger partial charge >= 0.3 is 12.1 Å². The van der Waals surface area contributed by atoms with E-state index in [0.717, 1.165) is 21.8 Å². The number of imidazole rings is 2. The third kappa shape index (κ3) is 6.39. The summed E-state index contributed by atoms with van der Waals surface area (Å²) in [4.78, 5) is 39.5. The van der Waals surface area contributed by atoms with Crippen molar-refractivity contribution >= 4 is 28.7 Å². The van der Waals surface area contributed by atoms with Crippen LogP contribution >= 0.6 is 11.3 Å². The summed E-state index contributed by atoms with van der Waals surface area (Å²) >= 11 is 1.63. The molecule has 5 aromatic heterocycles. The van der Waals surface area contributed by atoms with Crippen LogP contribution in [0.1, 0.15) is 26.8 Å². The summed E-state index contributed by atoms with van der Waals surface area (Å²) < 4.78 is 35.6. The number of pyridine rings is 2. The number of halogens is 3. The number of aryl methyl sites for hydroxylation is 1. The van der Waals surface area contributed by atoms with Crippen molar-refractivity contribution in [2.45, 2.75) is 26.2 Å². The highest BCUT2D eigenvalue weighted by Crippen LogP contribution is 2.22. The normalized spacial score (nSPS) is 11.2. The summed E-state index contributed by atoms with van der Waals surface area (Å²) in [7, 11) is 0. The molecule has 10 nitrogen and oxygen atoms in total. The Balaban J connectivity index is 0.000000426. The Hall–Kier alpha value is -4.59. The van der Waals surface area contributed by atoms with Crippen LogP contribution in [0.2, 0.25) is 0 Å². The molecule has 0 saturated heterocycles. The second-order valence-electron chi connectivity index (χ2n) is 7.87. The van der Waals surface area contributed by atoms with E-state index in [0.29, 0.717) is 30.3 Å². The van der Waals surface area contributed by atoms with E-state index in [2.05, 4.69) is 25.3 Å². The van der Waals surface area contributed by atoms with Gasteiger partial charge in [-0.25, -0.2) is 19.7 Å². The molecule has 196 valence electrons.